The minimum atomic E-state index is -0.999. The lowest BCUT2D eigenvalue weighted by Gasteiger charge is -2.08. The van der Waals surface area contributed by atoms with E-state index in [4.69, 9.17) is 16.7 Å². The molecule has 0 bridgehead atoms. The van der Waals surface area contributed by atoms with Crippen LogP contribution in [0.2, 0.25) is 5.02 Å². The van der Waals surface area contributed by atoms with E-state index in [1.165, 1.54) is 18.2 Å². The minimum Gasteiger partial charge on any atom is -0.478 e. The summed E-state index contributed by atoms with van der Waals surface area (Å²) in [7, 11) is 0. The third-order valence-electron chi connectivity index (χ3n) is 2.69. The molecule has 92 valence electrons. The molecule has 0 spiro atoms. The molecule has 2 aromatic carbocycles. The maximum Gasteiger partial charge on any atom is 0.335 e. The molecule has 0 atom stereocenters. The van der Waals surface area contributed by atoms with Crippen molar-refractivity contribution in [3.05, 3.63) is 58.4 Å². The lowest BCUT2D eigenvalue weighted by Crippen LogP contribution is -1.97. The number of carbonyl (C=O) groups is 1. The van der Waals surface area contributed by atoms with Crippen LogP contribution < -0.4 is 0 Å². The standard InChI is InChI=1S/C14H10ClFO2/c1-8-6-9(14(17)18)2-4-11(8)12-5-3-10(15)7-13(12)16/h2-7H,1H3,(H,17,18). The number of hydrogen-bond donors (Lipinski definition) is 1. The van der Waals surface area contributed by atoms with Gasteiger partial charge in [0.05, 0.1) is 5.56 Å². The van der Waals surface area contributed by atoms with Crippen molar-refractivity contribution in [2.24, 2.45) is 0 Å². The van der Waals surface area contributed by atoms with Crippen molar-refractivity contribution in [3.63, 3.8) is 0 Å². The number of carboxylic acids is 1. The van der Waals surface area contributed by atoms with Gasteiger partial charge in [0.15, 0.2) is 0 Å². The molecule has 0 saturated carbocycles. The number of hydrogen-bond acceptors (Lipinski definition) is 1. The van der Waals surface area contributed by atoms with Crippen molar-refractivity contribution in [1.29, 1.82) is 0 Å². The van der Waals surface area contributed by atoms with Crippen LogP contribution in [-0.4, -0.2) is 11.1 Å². The van der Waals surface area contributed by atoms with Gasteiger partial charge in [0, 0.05) is 10.6 Å². The normalized spacial score (nSPS) is 10.4. The van der Waals surface area contributed by atoms with Crippen LogP contribution in [0.25, 0.3) is 11.1 Å². The molecule has 18 heavy (non-hydrogen) atoms. The van der Waals surface area contributed by atoms with Gasteiger partial charge < -0.3 is 5.11 Å². The summed E-state index contributed by atoms with van der Waals surface area (Å²) in [5.74, 6) is -1.42. The van der Waals surface area contributed by atoms with Crippen molar-refractivity contribution in [3.8, 4) is 11.1 Å². The predicted molar refractivity (Wildman–Crippen MR) is 68.5 cm³/mol. The van der Waals surface area contributed by atoms with E-state index in [0.717, 1.165) is 0 Å². The van der Waals surface area contributed by atoms with Crippen LogP contribution >= 0.6 is 11.6 Å². The fraction of sp³-hybridized carbons (Fsp3) is 0.0714. The Morgan fingerprint density at radius 3 is 2.39 bits per heavy atom. The number of aromatic carboxylic acids is 1. The van der Waals surface area contributed by atoms with Crippen LogP contribution in [0.4, 0.5) is 4.39 Å². The second kappa shape index (κ2) is 4.78. The van der Waals surface area contributed by atoms with E-state index in [0.29, 0.717) is 21.7 Å². The summed E-state index contributed by atoms with van der Waals surface area (Å²) in [5, 5.41) is 9.20. The average molecular weight is 265 g/mol. The van der Waals surface area contributed by atoms with Gasteiger partial charge in [0.1, 0.15) is 5.82 Å². The fourth-order valence-corrected chi connectivity index (χ4v) is 1.97. The molecule has 0 aliphatic carbocycles. The highest BCUT2D eigenvalue weighted by atomic mass is 35.5. The highest BCUT2D eigenvalue weighted by Gasteiger charge is 2.10. The van der Waals surface area contributed by atoms with Gasteiger partial charge in [-0.2, -0.15) is 0 Å². The molecule has 2 nitrogen and oxygen atoms in total. The summed E-state index contributed by atoms with van der Waals surface area (Å²) in [5.41, 5.74) is 1.96. The monoisotopic (exact) mass is 264 g/mol. The topological polar surface area (TPSA) is 37.3 Å². The van der Waals surface area contributed by atoms with E-state index in [1.54, 1.807) is 25.1 Å². The minimum absolute atomic E-state index is 0.186. The first-order valence-electron chi connectivity index (χ1n) is 5.28. The van der Waals surface area contributed by atoms with Crippen LogP contribution in [0.3, 0.4) is 0 Å². The van der Waals surface area contributed by atoms with Gasteiger partial charge in [-0.05, 0) is 48.4 Å². The molecule has 4 heteroatoms. The molecule has 0 unspecified atom stereocenters. The van der Waals surface area contributed by atoms with E-state index in [1.807, 2.05) is 0 Å². The Kier molecular flexibility index (Phi) is 3.34. The maximum absolute atomic E-state index is 13.8. The molecule has 1 N–H and O–H groups in total. The van der Waals surface area contributed by atoms with Crippen LogP contribution in [-0.2, 0) is 0 Å². The molecule has 0 aromatic heterocycles. The predicted octanol–water partition coefficient (Wildman–Crippen LogP) is 4.15. The van der Waals surface area contributed by atoms with E-state index < -0.39 is 11.8 Å². The fourth-order valence-electron chi connectivity index (χ4n) is 1.81. The first-order valence-corrected chi connectivity index (χ1v) is 5.66. The van der Waals surface area contributed by atoms with E-state index in [2.05, 4.69) is 0 Å². The third kappa shape index (κ3) is 2.36. The quantitative estimate of drug-likeness (QED) is 0.885. The SMILES string of the molecule is Cc1cc(C(=O)O)ccc1-c1ccc(Cl)cc1F. The van der Waals surface area contributed by atoms with E-state index in [-0.39, 0.29) is 5.56 Å². The molecule has 0 amide bonds. The van der Waals surface area contributed by atoms with Crippen molar-refractivity contribution in [1.82, 2.24) is 0 Å². The number of benzene rings is 2. The molecule has 0 aliphatic rings. The van der Waals surface area contributed by atoms with Crippen molar-refractivity contribution >= 4 is 17.6 Å². The molecule has 2 aromatic rings. The van der Waals surface area contributed by atoms with E-state index >= 15 is 0 Å². The van der Waals surface area contributed by atoms with E-state index in [9.17, 15) is 9.18 Å². The van der Waals surface area contributed by atoms with Crippen LogP contribution in [0.1, 0.15) is 15.9 Å². The van der Waals surface area contributed by atoms with Gasteiger partial charge in [-0.3, -0.25) is 0 Å². The molecule has 0 saturated heterocycles. The Morgan fingerprint density at radius 1 is 1.17 bits per heavy atom. The van der Waals surface area contributed by atoms with Crippen molar-refractivity contribution < 1.29 is 14.3 Å². The lowest BCUT2D eigenvalue weighted by atomic mass is 9.98. The van der Waals surface area contributed by atoms with Gasteiger partial charge in [-0.1, -0.05) is 17.7 Å². The highest BCUT2D eigenvalue weighted by molar-refractivity contribution is 6.30. The van der Waals surface area contributed by atoms with Gasteiger partial charge in [-0.25, -0.2) is 9.18 Å². The molecule has 0 fully saturated rings. The Hall–Kier alpha value is -1.87. The van der Waals surface area contributed by atoms with Crippen LogP contribution in [0.15, 0.2) is 36.4 Å². The second-order valence-electron chi connectivity index (χ2n) is 3.96. The molecular weight excluding hydrogens is 255 g/mol. The van der Waals surface area contributed by atoms with Crippen LogP contribution in [0.5, 0.6) is 0 Å². The highest BCUT2D eigenvalue weighted by Crippen LogP contribution is 2.28. The number of halogens is 2. The van der Waals surface area contributed by atoms with Crippen LogP contribution in [0, 0.1) is 12.7 Å². The summed E-state index contributed by atoms with van der Waals surface area (Å²) in [6, 6.07) is 9.00. The molecule has 0 aliphatic heterocycles. The largest absolute Gasteiger partial charge is 0.478 e. The Labute approximate surface area is 109 Å². The molecular formula is C14H10ClFO2. The third-order valence-corrected chi connectivity index (χ3v) is 2.93. The van der Waals surface area contributed by atoms with Gasteiger partial charge in [0.2, 0.25) is 0 Å². The lowest BCUT2D eigenvalue weighted by molar-refractivity contribution is 0.0697. The number of rotatable bonds is 2. The molecule has 0 radical (unpaired) electrons. The number of carboxylic acid groups (broad SMARTS) is 1. The first kappa shape index (κ1) is 12.6. The Morgan fingerprint density at radius 2 is 1.83 bits per heavy atom. The first-order chi connectivity index (χ1) is 8.49. The zero-order valence-electron chi connectivity index (χ0n) is 9.58. The summed E-state index contributed by atoms with van der Waals surface area (Å²) >= 11 is 5.69. The van der Waals surface area contributed by atoms with Gasteiger partial charge >= 0.3 is 5.97 Å². The number of aryl methyl sites for hydroxylation is 1. The summed E-state index contributed by atoms with van der Waals surface area (Å²) in [6.45, 7) is 1.75. The summed E-state index contributed by atoms with van der Waals surface area (Å²) < 4.78 is 13.8. The van der Waals surface area contributed by atoms with Crippen molar-refractivity contribution in [2.45, 2.75) is 6.92 Å². The van der Waals surface area contributed by atoms with Gasteiger partial charge in [-0.15, -0.1) is 0 Å². The molecule has 0 heterocycles. The summed E-state index contributed by atoms with van der Waals surface area (Å²) in [4.78, 5) is 10.8. The summed E-state index contributed by atoms with van der Waals surface area (Å²) in [6.07, 6.45) is 0. The van der Waals surface area contributed by atoms with Crippen molar-refractivity contribution in [2.75, 3.05) is 0 Å². The molecule has 2 rings (SSSR count). The second-order valence-corrected chi connectivity index (χ2v) is 4.40. The smallest absolute Gasteiger partial charge is 0.335 e. The van der Waals surface area contributed by atoms with Gasteiger partial charge in [0.25, 0.3) is 0 Å². The Balaban J connectivity index is 2.54. The average Bonchev–Trinajstić information content (AvgIpc) is 2.30. The zero-order valence-corrected chi connectivity index (χ0v) is 10.3. The maximum atomic E-state index is 13.8. The Bertz CT molecular complexity index is 623. The zero-order chi connectivity index (χ0) is 13.3.